The first-order chi connectivity index (χ1) is 29.2. The lowest BCUT2D eigenvalue weighted by Gasteiger charge is -2.70. The Morgan fingerprint density at radius 1 is 0.557 bits per heavy atom. The average molecular weight is 864 g/mol. The molecule has 4 aromatic carbocycles. The second kappa shape index (κ2) is 16.1. The summed E-state index contributed by atoms with van der Waals surface area (Å²) in [6.45, 7) is 4.10. The molecule has 0 aromatic heterocycles. The highest BCUT2D eigenvalue weighted by molar-refractivity contribution is 6.30. The summed E-state index contributed by atoms with van der Waals surface area (Å²) in [7, 11) is 0. The van der Waals surface area contributed by atoms with Crippen LogP contribution in [0.5, 0.6) is 17.2 Å². The Bertz CT molecular complexity index is 2270. The fraction of sp³-hybridized carbons (Fsp3) is 0.440. The molecule has 318 valence electrons. The minimum atomic E-state index is -0.137. The molecule has 8 aliphatic rings. The van der Waals surface area contributed by atoms with Crippen molar-refractivity contribution in [2.75, 3.05) is 13.2 Å². The topological polar surface area (TPSA) is 120 Å². The Labute approximate surface area is 367 Å². The molecule has 4 atom stereocenters. The van der Waals surface area contributed by atoms with Gasteiger partial charge >= 0.3 is 0 Å². The van der Waals surface area contributed by atoms with Crippen LogP contribution in [0.4, 0.5) is 0 Å². The molecular formula is C50H52Cl2N2O7. The van der Waals surface area contributed by atoms with E-state index in [0.717, 1.165) is 57.1 Å². The Balaban J connectivity index is 0.000000156. The zero-order valence-electron chi connectivity index (χ0n) is 34.6. The summed E-state index contributed by atoms with van der Waals surface area (Å²) in [5.41, 5.74) is 3.70. The fourth-order valence-electron chi connectivity index (χ4n) is 10.8. The van der Waals surface area contributed by atoms with E-state index < -0.39 is 0 Å². The highest BCUT2D eigenvalue weighted by atomic mass is 35.5. The van der Waals surface area contributed by atoms with Crippen molar-refractivity contribution >= 4 is 46.6 Å². The van der Waals surface area contributed by atoms with Crippen molar-refractivity contribution < 1.29 is 33.4 Å². The van der Waals surface area contributed by atoms with Gasteiger partial charge in [0, 0.05) is 39.9 Å². The fourth-order valence-corrected chi connectivity index (χ4v) is 11.1. The Morgan fingerprint density at radius 2 is 0.967 bits per heavy atom. The van der Waals surface area contributed by atoms with Crippen LogP contribution in [-0.2, 0) is 19.2 Å². The van der Waals surface area contributed by atoms with Gasteiger partial charge in [-0.25, -0.2) is 0 Å². The van der Waals surface area contributed by atoms with E-state index in [4.69, 9.17) is 37.4 Å². The third-order valence-corrected chi connectivity index (χ3v) is 14.2. The molecule has 4 aromatic rings. The van der Waals surface area contributed by atoms with Crippen LogP contribution in [0, 0.1) is 36.5 Å². The maximum absolute atomic E-state index is 12.8. The summed E-state index contributed by atoms with van der Waals surface area (Å²) >= 11 is 11.7. The van der Waals surface area contributed by atoms with E-state index in [1.165, 1.54) is 16.7 Å². The van der Waals surface area contributed by atoms with Crippen molar-refractivity contribution in [2.24, 2.45) is 22.7 Å². The molecule has 2 amide bonds. The van der Waals surface area contributed by atoms with Gasteiger partial charge in [-0.3, -0.25) is 19.2 Å². The summed E-state index contributed by atoms with van der Waals surface area (Å²) in [5, 5.41) is 7.49. The number of benzene rings is 4. The van der Waals surface area contributed by atoms with Crippen LogP contribution in [0.25, 0.3) is 0 Å². The number of Topliss-reactive ketones (excluding diaryl/α,β-unsaturated/α-hetero) is 2. The zero-order valence-corrected chi connectivity index (χ0v) is 36.2. The quantitative estimate of drug-likeness (QED) is 0.109. The van der Waals surface area contributed by atoms with E-state index in [0.29, 0.717) is 51.9 Å². The number of hydrogen-bond acceptors (Lipinski definition) is 7. The Kier molecular flexibility index (Phi) is 11.0. The van der Waals surface area contributed by atoms with E-state index in [1.807, 2.05) is 31.2 Å². The lowest BCUT2D eigenvalue weighted by Crippen LogP contribution is -2.75. The molecule has 61 heavy (non-hydrogen) atoms. The normalized spacial score (nSPS) is 30.2. The van der Waals surface area contributed by atoms with Crippen LogP contribution < -0.4 is 24.8 Å². The van der Waals surface area contributed by atoms with Crippen molar-refractivity contribution in [1.29, 1.82) is 0 Å². The number of carbonyl (C=O) groups is 4. The van der Waals surface area contributed by atoms with Gasteiger partial charge in [0.2, 0.25) is 0 Å². The van der Waals surface area contributed by atoms with Gasteiger partial charge in [-0.15, -0.1) is 0 Å². The summed E-state index contributed by atoms with van der Waals surface area (Å²) < 4.78 is 17.0. The summed E-state index contributed by atoms with van der Waals surface area (Å²) in [5.74, 6) is 3.19. The third-order valence-electron chi connectivity index (χ3n) is 13.7. The molecule has 8 fully saturated rings. The Hall–Kier alpha value is -4.86. The molecule has 4 bridgehead atoms. The van der Waals surface area contributed by atoms with Gasteiger partial charge in [-0.05, 0) is 148 Å². The van der Waals surface area contributed by atoms with Crippen LogP contribution in [0.15, 0.2) is 97.1 Å². The standard InChI is InChI=1S/C25H26ClNO4.C25H26ClNO3/c1-16-2-6-19(7-3-16)31-22-10-20(22)21(28)11-24-13-25(14-24,15-24)27-23(29)12-30-18-8-4-17(26)5-9-18;1-16-2-4-17(5-3-16)20-10-21(20)22(28)11-24-13-25(14-24,15-24)27-23(29)12-30-19-8-6-18(26)7-9-19/h2-9,20,22H,10-15H2,1H3,(H,27,29);2-9,20-21H,10-15H2,1H3,(H,27,29). The number of rotatable bonds is 17. The van der Waals surface area contributed by atoms with Gasteiger partial charge in [0.25, 0.3) is 11.8 Å². The van der Waals surface area contributed by atoms with E-state index in [1.54, 1.807) is 48.5 Å². The first-order valence-corrected chi connectivity index (χ1v) is 22.2. The number of hydrogen-bond donors (Lipinski definition) is 2. The summed E-state index contributed by atoms with van der Waals surface area (Å²) in [6.07, 6.45) is 8.48. The van der Waals surface area contributed by atoms with Crippen molar-refractivity contribution in [3.63, 3.8) is 0 Å². The molecule has 2 N–H and O–H groups in total. The highest BCUT2D eigenvalue weighted by Gasteiger charge is 2.70. The largest absolute Gasteiger partial charge is 0.490 e. The lowest BCUT2D eigenvalue weighted by molar-refractivity contribution is -0.174. The number of halogens is 2. The van der Waals surface area contributed by atoms with Gasteiger partial charge in [0.05, 0.1) is 5.92 Å². The minimum Gasteiger partial charge on any atom is -0.490 e. The maximum Gasteiger partial charge on any atom is 0.258 e. The number of ketones is 2. The molecule has 0 radical (unpaired) electrons. The summed E-state index contributed by atoms with van der Waals surface area (Å²) in [6, 6.07) is 30.4. The molecule has 4 unspecified atom stereocenters. The van der Waals surface area contributed by atoms with Crippen LogP contribution in [0.1, 0.15) is 86.8 Å². The molecular weight excluding hydrogens is 811 g/mol. The van der Waals surface area contributed by atoms with Crippen molar-refractivity contribution in [2.45, 2.75) is 101 Å². The SMILES string of the molecule is Cc1ccc(C2CC2C(=O)CC23CC(NC(=O)COc4ccc(Cl)cc4)(C2)C3)cc1.Cc1ccc(OC2CC2C(=O)CC23CC(NC(=O)COc4ccc(Cl)cc4)(C2)C3)cc1. The van der Waals surface area contributed by atoms with Crippen LogP contribution in [0.2, 0.25) is 10.0 Å². The first-order valence-electron chi connectivity index (χ1n) is 21.4. The van der Waals surface area contributed by atoms with E-state index in [2.05, 4.69) is 41.8 Å². The van der Waals surface area contributed by atoms with E-state index in [9.17, 15) is 19.2 Å². The van der Waals surface area contributed by atoms with Gasteiger partial charge in [0.1, 0.15) is 34.9 Å². The molecule has 0 aliphatic heterocycles. The number of carbonyl (C=O) groups excluding carboxylic acids is 4. The highest BCUT2D eigenvalue weighted by Crippen LogP contribution is 2.70. The first kappa shape index (κ1) is 41.5. The smallest absolute Gasteiger partial charge is 0.258 e. The molecule has 8 aliphatic carbocycles. The van der Waals surface area contributed by atoms with Crippen molar-refractivity contribution in [3.8, 4) is 17.2 Å². The van der Waals surface area contributed by atoms with Gasteiger partial charge < -0.3 is 24.8 Å². The molecule has 12 rings (SSSR count). The van der Waals surface area contributed by atoms with Gasteiger partial charge in [-0.1, -0.05) is 70.7 Å². The van der Waals surface area contributed by atoms with Crippen LogP contribution >= 0.6 is 23.2 Å². The average Bonchev–Trinajstić information content (AvgIpc) is 4.13. The van der Waals surface area contributed by atoms with Gasteiger partial charge in [0.15, 0.2) is 13.2 Å². The number of aryl methyl sites for hydroxylation is 2. The zero-order chi connectivity index (χ0) is 42.6. The minimum absolute atomic E-state index is 0.00435. The lowest BCUT2D eigenvalue weighted by atomic mass is 9.38. The molecule has 8 saturated carbocycles. The molecule has 0 spiro atoms. The van der Waals surface area contributed by atoms with Crippen LogP contribution in [0.3, 0.4) is 0 Å². The molecule has 9 nitrogen and oxygen atoms in total. The Morgan fingerprint density at radius 3 is 1.43 bits per heavy atom. The number of nitrogens with one attached hydrogen (secondary N) is 2. The monoisotopic (exact) mass is 862 g/mol. The van der Waals surface area contributed by atoms with E-state index >= 15 is 0 Å². The van der Waals surface area contributed by atoms with Crippen molar-refractivity contribution in [3.05, 3.63) is 124 Å². The predicted octanol–water partition coefficient (Wildman–Crippen LogP) is 9.32. The van der Waals surface area contributed by atoms with E-state index in [-0.39, 0.29) is 64.9 Å². The van der Waals surface area contributed by atoms with Crippen LogP contribution in [-0.4, -0.2) is 53.8 Å². The number of ether oxygens (including phenoxy) is 3. The second-order valence-electron chi connectivity index (χ2n) is 19.2. The van der Waals surface area contributed by atoms with Crippen molar-refractivity contribution in [1.82, 2.24) is 10.6 Å². The predicted molar refractivity (Wildman–Crippen MR) is 233 cm³/mol. The third kappa shape index (κ3) is 9.34. The second-order valence-corrected chi connectivity index (χ2v) is 20.0. The summed E-state index contributed by atoms with van der Waals surface area (Å²) in [4.78, 5) is 50.0. The maximum atomic E-state index is 12.8. The molecule has 0 saturated heterocycles. The molecule has 11 heteroatoms. The van der Waals surface area contributed by atoms with Gasteiger partial charge in [-0.2, -0.15) is 0 Å². The number of amides is 2. The molecule has 0 heterocycles.